The first kappa shape index (κ1) is 12.6. The molecule has 21 heavy (non-hydrogen) atoms. The van der Waals surface area contributed by atoms with Gasteiger partial charge in [-0.1, -0.05) is 29.8 Å². The Hall–Kier alpha value is -2.14. The summed E-state index contributed by atoms with van der Waals surface area (Å²) < 4.78 is 11.3. The van der Waals surface area contributed by atoms with Crippen LogP contribution >= 0.6 is 0 Å². The summed E-state index contributed by atoms with van der Waals surface area (Å²) in [5, 5.41) is 8.47. The van der Waals surface area contributed by atoms with Crippen LogP contribution in [0.4, 0.5) is 0 Å². The minimum Gasteiger partial charge on any atom is -0.453 e. The number of hydrogen-bond acceptors (Lipinski definition) is 5. The standard InChI is InChI=1S/C16H17N3O2/c1-17-12-7-4-6-11(12)16-18-15(19-21-16)14-9-10-5-2-3-8-13(10)20-14/h2-3,5,8-9,11-12,17H,4,6-7H2,1H3. The summed E-state index contributed by atoms with van der Waals surface area (Å²) in [4.78, 5) is 4.54. The highest BCUT2D eigenvalue weighted by atomic mass is 16.5. The molecule has 1 aromatic carbocycles. The van der Waals surface area contributed by atoms with Crippen molar-refractivity contribution >= 4 is 11.0 Å². The Balaban J connectivity index is 1.67. The lowest BCUT2D eigenvalue weighted by atomic mass is 10.0. The fourth-order valence-corrected chi connectivity index (χ4v) is 3.18. The third-order valence-electron chi connectivity index (χ3n) is 4.29. The van der Waals surface area contributed by atoms with E-state index in [1.165, 1.54) is 6.42 Å². The van der Waals surface area contributed by atoms with Crippen molar-refractivity contribution < 1.29 is 8.94 Å². The van der Waals surface area contributed by atoms with E-state index in [0.29, 0.717) is 29.4 Å². The highest BCUT2D eigenvalue weighted by molar-refractivity contribution is 5.81. The molecule has 1 fully saturated rings. The van der Waals surface area contributed by atoms with Gasteiger partial charge in [0.1, 0.15) is 5.58 Å². The van der Waals surface area contributed by atoms with E-state index in [2.05, 4.69) is 15.5 Å². The van der Waals surface area contributed by atoms with Crippen molar-refractivity contribution in [2.75, 3.05) is 7.05 Å². The zero-order valence-electron chi connectivity index (χ0n) is 11.9. The van der Waals surface area contributed by atoms with Crippen LogP contribution in [0.2, 0.25) is 0 Å². The smallest absolute Gasteiger partial charge is 0.238 e. The maximum Gasteiger partial charge on any atom is 0.238 e. The van der Waals surface area contributed by atoms with E-state index in [1.54, 1.807) is 0 Å². The molecule has 1 N–H and O–H groups in total. The molecule has 1 saturated carbocycles. The molecule has 2 unspecified atom stereocenters. The number of aromatic nitrogens is 2. The Kier molecular flexibility index (Phi) is 3.00. The molecule has 1 aliphatic carbocycles. The fraction of sp³-hybridized carbons (Fsp3) is 0.375. The van der Waals surface area contributed by atoms with Crippen molar-refractivity contribution in [3.8, 4) is 11.6 Å². The summed E-state index contributed by atoms with van der Waals surface area (Å²) in [6, 6.07) is 10.3. The van der Waals surface area contributed by atoms with Crippen molar-refractivity contribution in [3.05, 3.63) is 36.2 Å². The molecule has 0 amide bonds. The predicted molar refractivity (Wildman–Crippen MR) is 78.9 cm³/mol. The topological polar surface area (TPSA) is 64.1 Å². The highest BCUT2D eigenvalue weighted by Gasteiger charge is 2.32. The molecule has 0 aliphatic heterocycles. The second-order valence-electron chi connectivity index (χ2n) is 5.54. The Labute approximate surface area is 122 Å². The molecule has 3 aromatic rings. The number of nitrogens with zero attached hydrogens (tertiary/aromatic N) is 2. The molecule has 2 heterocycles. The average molecular weight is 283 g/mol. The number of furan rings is 1. The second-order valence-corrected chi connectivity index (χ2v) is 5.54. The van der Waals surface area contributed by atoms with Crippen LogP contribution in [0.3, 0.4) is 0 Å². The summed E-state index contributed by atoms with van der Waals surface area (Å²) in [6.07, 6.45) is 3.44. The zero-order valence-corrected chi connectivity index (χ0v) is 11.9. The Morgan fingerprint density at radius 2 is 2.14 bits per heavy atom. The van der Waals surface area contributed by atoms with Gasteiger partial charge in [0, 0.05) is 11.4 Å². The molecule has 2 atom stereocenters. The normalized spacial score (nSPS) is 22.1. The molecule has 0 bridgehead atoms. The molecular formula is C16H17N3O2. The van der Waals surface area contributed by atoms with Gasteiger partial charge in [-0.2, -0.15) is 4.98 Å². The fourth-order valence-electron chi connectivity index (χ4n) is 3.18. The average Bonchev–Trinajstić information content (AvgIpc) is 3.23. The number of benzene rings is 1. The summed E-state index contributed by atoms with van der Waals surface area (Å²) in [6.45, 7) is 0. The Morgan fingerprint density at radius 1 is 1.24 bits per heavy atom. The van der Waals surface area contributed by atoms with Gasteiger partial charge in [-0.25, -0.2) is 0 Å². The molecule has 5 nitrogen and oxygen atoms in total. The van der Waals surface area contributed by atoms with Crippen LogP contribution in [-0.2, 0) is 0 Å². The first-order chi connectivity index (χ1) is 10.3. The summed E-state index contributed by atoms with van der Waals surface area (Å²) >= 11 is 0. The number of nitrogens with one attached hydrogen (secondary N) is 1. The lowest BCUT2D eigenvalue weighted by molar-refractivity contribution is 0.335. The number of hydrogen-bond donors (Lipinski definition) is 1. The second kappa shape index (κ2) is 5.00. The van der Waals surface area contributed by atoms with E-state index >= 15 is 0 Å². The van der Waals surface area contributed by atoms with Crippen LogP contribution in [0.15, 0.2) is 39.3 Å². The first-order valence-corrected chi connectivity index (χ1v) is 7.35. The predicted octanol–water partition coefficient (Wildman–Crippen LogP) is 3.34. The van der Waals surface area contributed by atoms with Crippen molar-refractivity contribution in [1.82, 2.24) is 15.5 Å². The Morgan fingerprint density at radius 3 is 3.00 bits per heavy atom. The minimum atomic E-state index is 0.306. The minimum absolute atomic E-state index is 0.306. The molecule has 2 aromatic heterocycles. The molecule has 0 saturated heterocycles. The van der Waals surface area contributed by atoms with Crippen molar-refractivity contribution in [1.29, 1.82) is 0 Å². The van der Waals surface area contributed by atoms with Crippen molar-refractivity contribution in [2.45, 2.75) is 31.2 Å². The summed E-state index contributed by atoms with van der Waals surface area (Å²) in [5.41, 5.74) is 0.841. The van der Waals surface area contributed by atoms with Crippen LogP contribution in [0.5, 0.6) is 0 Å². The maximum absolute atomic E-state index is 5.78. The van der Waals surface area contributed by atoms with E-state index in [0.717, 1.165) is 23.8 Å². The van der Waals surface area contributed by atoms with Gasteiger partial charge in [0.25, 0.3) is 0 Å². The van der Waals surface area contributed by atoms with Crippen LogP contribution < -0.4 is 5.32 Å². The molecule has 0 spiro atoms. The zero-order chi connectivity index (χ0) is 14.2. The van der Waals surface area contributed by atoms with Gasteiger partial charge in [0.2, 0.25) is 11.7 Å². The lowest BCUT2D eigenvalue weighted by Crippen LogP contribution is -2.27. The number of para-hydroxylation sites is 1. The van der Waals surface area contributed by atoms with Crippen molar-refractivity contribution in [2.24, 2.45) is 0 Å². The number of rotatable bonds is 3. The SMILES string of the molecule is CNC1CCCC1c1nc(-c2cc3ccccc3o2)no1. The van der Waals surface area contributed by atoms with Gasteiger partial charge in [0.15, 0.2) is 5.76 Å². The maximum atomic E-state index is 5.78. The van der Waals surface area contributed by atoms with E-state index in [1.807, 2.05) is 37.4 Å². The molecule has 1 aliphatic rings. The van der Waals surface area contributed by atoms with Gasteiger partial charge in [-0.15, -0.1) is 0 Å². The molecule has 108 valence electrons. The van der Waals surface area contributed by atoms with Crippen LogP contribution in [-0.4, -0.2) is 23.2 Å². The lowest BCUT2D eigenvalue weighted by Gasteiger charge is -2.14. The van der Waals surface area contributed by atoms with Gasteiger partial charge in [0.05, 0.1) is 5.92 Å². The first-order valence-electron chi connectivity index (χ1n) is 7.35. The van der Waals surface area contributed by atoms with Gasteiger partial charge < -0.3 is 14.3 Å². The molecule has 4 rings (SSSR count). The number of likely N-dealkylation sites (N-methyl/N-ethyl adjacent to an activating group) is 1. The Bertz CT molecular complexity index is 729. The van der Waals surface area contributed by atoms with Gasteiger partial charge >= 0.3 is 0 Å². The van der Waals surface area contributed by atoms with E-state index in [9.17, 15) is 0 Å². The van der Waals surface area contributed by atoms with Crippen molar-refractivity contribution in [3.63, 3.8) is 0 Å². The quantitative estimate of drug-likeness (QED) is 0.798. The van der Waals surface area contributed by atoms with E-state index in [-0.39, 0.29) is 0 Å². The molecule has 0 radical (unpaired) electrons. The van der Waals surface area contributed by atoms with Gasteiger partial charge in [-0.3, -0.25) is 0 Å². The van der Waals surface area contributed by atoms with E-state index in [4.69, 9.17) is 8.94 Å². The van der Waals surface area contributed by atoms with Crippen LogP contribution in [0.25, 0.3) is 22.6 Å². The van der Waals surface area contributed by atoms with E-state index < -0.39 is 0 Å². The summed E-state index contributed by atoms with van der Waals surface area (Å²) in [5.74, 6) is 2.20. The third-order valence-corrected chi connectivity index (χ3v) is 4.29. The molecule has 5 heteroatoms. The van der Waals surface area contributed by atoms with Gasteiger partial charge in [-0.05, 0) is 32.0 Å². The third kappa shape index (κ3) is 2.14. The monoisotopic (exact) mass is 283 g/mol. The summed E-state index contributed by atoms with van der Waals surface area (Å²) in [7, 11) is 1.99. The molecular weight excluding hydrogens is 266 g/mol. The highest BCUT2D eigenvalue weighted by Crippen LogP contribution is 2.35. The largest absolute Gasteiger partial charge is 0.453 e. The van der Waals surface area contributed by atoms with Crippen LogP contribution in [0, 0.1) is 0 Å². The number of fused-ring (bicyclic) bond motifs is 1. The van der Waals surface area contributed by atoms with Crippen LogP contribution in [0.1, 0.15) is 31.1 Å².